The van der Waals surface area contributed by atoms with Crippen LogP contribution in [0.15, 0.2) is 0 Å². The van der Waals surface area contributed by atoms with Gasteiger partial charge in [0.2, 0.25) is 0 Å². The fourth-order valence-corrected chi connectivity index (χ4v) is 0.473. The molecule has 0 atom stereocenters. The lowest BCUT2D eigenvalue weighted by Crippen LogP contribution is -2.41. The van der Waals surface area contributed by atoms with E-state index < -0.39 is 17.7 Å². The summed E-state index contributed by atoms with van der Waals surface area (Å²) in [4.78, 5) is 21.4. The molecule has 70 valence electrons. The topological polar surface area (TPSA) is 61.8 Å². The van der Waals surface area contributed by atoms with Gasteiger partial charge in [-0.25, -0.2) is 4.79 Å². The molecule has 0 rings (SSSR count). The summed E-state index contributed by atoms with van der Waals surface area (Å²) < 4.78 is 13.7. The summed E-state index contributed by atoms with van der Waals surface area (Å²) in [6.45, 7) is 2.49. The van der Waals surface area contributed by atoms with Crippen LogP contribution >= 0.6 is 0 Å². The van der Waals surface area contributed by atoms with E-state index in [2.05, 4.69) is 4.74 Å². The maximum atomic E-state index is 11.0. The molecule has 0 saturated carbocycles. The number of hydrogen-bond donors (Lipinski definition) is 0. The highest BCUT2D eigenvalue weighted by Gasteiger charge is 2.35. The normalized spacial score (nSPS) is 11.0. The summed E-state index contributed by atoms with van der Waals surface area (Å²) in [5.41, 5.74) is 0. The number of hydrogen-bond acceptors (Lipinski definition) is 5. The van der Waals surface area contributed by atoms with Crippen LogP contribution in [0.1, 0.15) is 13.8 Å². The molecule has 0 aliphatic rings. The Hall–Kier alpha value is -0.940. The molecule has 0 amide bonds. The highest BCUT2D eigenvalue weighted by molar-refractivity contribution is 5.88. The van der Waals surface area contributed by atoms with Crippen molar-refractivity contribution in [3.8, 4) is 0 Å². The van der Waals surface area contributed by atoms with E-state index in [1.165, 1.54) is 21.1 Å². The molecule has 0 aliphatic carbocycles. The van der Waals surface area contributed by atoms with Gasteiger partial charge in [0.05, 0.1) is 0 Å². The molecule has 0 unspecified atom stereocenters. The fraction of sp³-hybridized carbons (Fsp3) is 0.714. The number of rotatable bonds is 3. The van der Waals surface area contributed by atoms with E-state index >= 15 is 0 Å². The van der Waals surface area contributed by atoms with E-state index in [9.17, 15) is 9.59 Å². The minimum absolute atomic E-state index is 0.694. The molecular formula is C7H12O5. The van der Waals surface area contributed by atoms with E-state index in [-0.39, 0.29) is 0 Å². The molecule has 5 heteroatoms. The second-order valence-electron chi connectivity index (χ2n) is 2.24. The van der Waals surface area contributed by atoms with Crippen molar-refractivity contribution in [3.63, 3.8) is 0 Å². The molecule has 0 aromatic rings. The second kappa shape index (κ2) is 4.18. The van der Waals surface area contributed by atoms with E-state index in [0.29, 0.717) is 0 Å². The maximum absolute atomic E-state index is 11.0. The Morgan fingerprint density at radius 3 is 1.83 bits per heavy atom. The minimum atomic E-state index is -1.51. The van der Waals surface area contributed by atoms with Crippen LogP contribution in [0, 0.1) is 0 Å². The van der Waals surface area contributed by atoms with Crippen LogP contribution < -0.4 is 0 Å². The molecule has 0 aromatic heterocycles. The number of methoxy groups -OCH3 is 2. The molecule has 0 aliphatic heterocycles. The Morgan fingerprint density at radius 1 is 1.17 bits per heavy atom. The smallest absolute Gasteiger partial charge is 0.374 e. The van der Waals surface area contributed by atoms with E-state index in [1.54, 1.807) is 0 Å². The third kappa shape index (κ3) is 2.60. The number of carbonyl (C=O) groups excluding carboxylic acids is 2. The van der Waals surface area contributed by atoms with Crippen molar-refractivity contribution in [3.05, 3.63) is 0 Å². The molecule has 0 bridgehead atoms. The van der Waals surface area contributed by atoms with E-state index in [4.69, 9.17) is 9.47 Å². The van der Waals surface area contributed by atoms with Crippen LogP contribution in [0.2, 0.25) is 0 Å². The van der Waals surface area contributed by atoms with Crippen molar-refractivity contribution in [2.45, 2.75) is 19.6 Å². The number of ether oxygens (including phenoxy) is 3. The van der Waals surface area contributed by atoms with Gasteiger partial charge in [-0.3, -0.25) is 4.79 Å². The molecule has 0 radical (unpaired) electrons. The first-order valence-electron chi connectivity index (χ1n) is 3.29. The Morgan fingerprint density at radius 2 is 1.58 bits per heavy atom. The summed E-state index contributed by atoms with van der Waals surface area (Å²) in [6.07, 6.45) is 0. The van der Waals surface area contributed by atoms with Crippen molar-refractivity contribution in [1.29, 1.82) is 0 Å². The zero-order valence-corrected chi connectivity index (χ0v) is 7.54. The zero-order valence-electron chi connectivity index (χ0n) is 7.54. The van der Waals surface area contributed by atoms with Gasteiger partial charge >= 0.3 is 11.9 Å². The SMILES string of the molecule is COC(C)(OC)C(=O)OC(C)=O. The highest BCUT2D eigenvalue weighted by Crippen LogP contribution is 2.11. The number of carbonyl (C=O) groups is 2. The average molecular weight is 176 g/mol. The molecule has 5 nitrogen and oxygen atoms in total. The summed E-state index contributed by atoms with van der Waals surface area (Å²) in [7, 11) is 2.57. The van der Waals surface area contributed by atoms with Crippen LogP contribution in [-0.4, -0.2) is 31.9 Å². The largest absolute Gasteiger partial charge is 0.389 e. The molecule has 0 N–H and O–H groups in total. The molecular weight excluding hydrogens is 164 g/mol. The molecule has 0 spiro atoms. The van der Waals surface area contributed by atoms with Gasteiger partial charge in [-0.1, -0.05) is 0 Å². The Labute approximate surface area is 70.6 Å². The van der Waals surface area contributed by atoms with Crippen LogP contribution in [0.3, 0.4) is 0 Å². The van der Waals surface area contributed by atoms with Crippen molar-refractivity contribution in [1.82, 2.24) is 0 Å². The lowest BCUT2D eigenvalue weighted by molar-refractivity contribution is -0.222. The highest BCUT2D eigenvalue weighted by atomic mass is 16.7. The first-order chi connectivity index (χ1) is 5.46. The Kier molecular flexibility index (Phi) is 3.85. The van der Waals surface area contributed by atoms with Crippen molar-refractivity contribution < 1.29 is 23.8 Å². The Bertz CT molecular complexity index is 182. The van der Waals surface area contributed by atoms with Gasteiger partial charge in [0.15, 0.2) is 0 Å². The molecule has 0 heterocycles. The first kappa shape index (κ1) is 11.1. The summed E-state index contributed by atoms with van der Waals surface area (Å²) >= 11 is 0. The Balaban J connectivity index is 4.32. The predicted molar refractivity (Wildman–Crippen MR) is 39.2 cm³/mol. The quantitative estimate of drug-likeness (QED) is 0.346. The van der Waals surface area contributed by atoms with Crippen LogP contribution in [0.4, 0.5) is 0 Å². The third-order valence-corrected chi connectivity index (χ3v) is 1.39. The maximum Gasteiger partial charge on any atom is 0.374 e. The van der Waals surface area contributed by atoms with Crippen molar-refractivity contribution >= 4 is 11.9 Å². The molecule has 12 heavy (non-hydrogen) atoms. The second-order valence-corrected chi connectivity index (χ2v) is 2.24. The summed E-state index contributed by atoms with van der Waals surface area (Å²) in [5, 5.41) is 0. The minimum Gasteiger partial charge on any atom is -0.389 e. The average Bonchev–Trinajstić information content (AvgIpc) is 2.02. The van der Waals surface area contributed by atoms with Gasteiger partial charge in [0.25, 0.3) is 5.79 Å². The first-order valence-corrected chi connectivity index (χ1v) is 3.29. The number of esters is 2. The van der Waals surface area contributed by atoms with Gasteiger partial charge in [0.1, 0.15) is 0 Å². The predicted octanol–water partition coefficient (Wildman–Crippen LogP) is 0.0851. The fourth-order valence-electron chi connectivity index (χ4n) is 0.473. The van der Waals surface area contributed by atoms with Gasteiger partial charge < -0.3 is 14.2 Å². The van der Waals surface area contributed by atoms with Gasteiger partial charge in [-0.2, -0.15) is 0 Å². The standard InChI is InChI=1S/C7H12O5/c1-5(8)12-6(9)7(2,10-3)11-4/h1-4H3. The van der Waals surface area contributed by atoms with Gasteiger partial charge in [0, 0.05) is 28.1 Å². The molecule has 0 aromatic carbocycles. The van der Waals surface area contributed by atoms with Crippen molar-refractivity contribution in [2.75, 3.05) is 14.2 Å². The third-order valence-electron chi connectivity index (χ3n) is 1.39. The lowest BCUT2D eigenvalue weighted by atomic mass is 10.3. The summed E-state index contributed by atoms with van der Waals surface area (Å²) in [6, 6.07) is 0. The molecule has 0 saturated heterocycles. The van der Waals surface area contributed by atoms with Crippen LogP contribution in [-0.2, 0) is 23.8 Å². The molecule has 0 fully saturated rings. The monoisotopic (exact) mass is 176 g/mol. The van der Waals surface area contributed by atoms with Gasteiger partial charge in [-0.05, 0) is 0 Å². The van der Waals surface area contributed by atoms with Crippen molar-refractivity contribution in [2.24, 2.45) is 0 Å². The van der Waals surface area contributed by atoms with Gasteiger partial charge in [-0.15, -0.1) is 0 Å². The van der Waals surface area contributed by atoms with E-state index in [0.717, 1.165) is 6.92 Å². The van der Waals surface area contributed by atoms with Crippen LogP contribution in [0.5, 0.6) is 0 Å². The van der Waals surface area contributed by atoms with Crippen LogP contribution in [0.25, 0.3) is 0 Å². The zero-order chi connectivity index (χ0) is 9.78. The lowest BCUT2D eigenvalue weighted by Gasteiger charge is -2.22. The van der Waals surface area contributed by atoms with E-state index in [1.807, 2.05) is 0 Å². The summed E-state index contributed by atoms with van der Waals surface area (Å²) in [5.74, 6) is -3.06.